The molecule has 2 aromatic carbocycles. The second-order valence-corrected chi connectivity index (χ2v) is 3.02. The second-order valence-electron chi connectivity index (χ2n) is 3.02. The molecule has 0 saturated carbocycles. The van der Waals surface area contributed by atoms with Crippen molar-refractivity contribution in [1.82, 2.24) is 0 Å². The Morgan fingerprint density at radius 3 is 2.44 bits per heavy atom. The van der Waals surface area contributed by atoms with Gasteiger partial charge in [-0.15, -0.1) is 23.4 Å². The van der Waals surface area contributed by atoms with Crippen LogP contribution in [0.4, 0.5) is 5.69 Å². The van der Waals surface area contributed by atoms with Crippen LogP contribution in [0.3, 0.4) is 0 Å². The number of benzene rings is 2. The fourth-order valence-electron chi connectivity index (χ4n) is 1.11. The first-order chi connectivity index (χ1) is 7.34. The van der Waals surface area contributed by atoms with Crippen molar-refractivity contribution in [3.05, 3.63) is 60.2 Å². The van der Waals surface area contributed by atoms with E-state index in [1.165, 1.54) is 0 Å². The van der Waals surface area contributed by atoms with Gasteiger partial charge >= 0.3 is 0 Å². The van der Waals surface area contributed by atoms with Crippen LogP contribution in [0.2, 0.25) is 0 Å². The van der Waals surface area contributed by atoms with Crippen molar-refractivity contribution >= 4 is 11.9 Å². The standard InChI is InChI=1S/C13H9NO.Y/c15-13-8-6-11(7-9-13)10-14-12-4-2-1-3-5-12;/h1-4,6-9,15H;/q-2;. The molecule has 0 aromatic heterocycles. The summed E-state index contributed by atoms with van der Waals surface area (Å²) >= 11 is 0. The molecule has 2 aromatic rings. The van der Waals surface area contributed by atoms with E-state index in [4.69, 9.17) is 5.11 Å². The van der Waals surface area contributed by atoms with Gasteiger partial charge in [0.2, 0.25) is 0 Å². The summed E-state index contributed by atoms with van der Waals surface area (Å²) in [6.07, 6.45) is 2.87. The summed E-state index contributed by atoms with van der Waals surface area (Å²) in [6, 6.07) is 17.1. The zero-order valence-corrected chi connectivity index (χ0v) is 11.4. The van der Waals surface area contributed by atoms with E-state index >= 15 is 0 Å². The van der Waals surface area contributed by atoms with Crippen LogP contribution in [-0.4, -0.2) is 11.3 Å². The van der Waals surface area contributed by atoms with E-state index in [0.29, 0.717) is 0 Å². The third kappa shape index (κ3) is 3.88. The van der Waals surface area contributed by atoms with Crippen molar-refractivity contribution < 1.29 is 37.8 Å². The summed E-state index contributed by atoms with van der Waals surface area (Å²) < 4.78 is 0. The number of aromatic hydroxyl groups is 1. The number of phenols is 1. The maximum atomic E-state index is 9.08. The van der Waals surface area contributed by atoms with Crippen molar-refractivity contribution in [2.24, 2.45) is 4.99 Å². The third-order valence-corrected chi connectivity index (χ3v) is 1.87. The molecule has 0 spiro atoms. The Bertz CT molecular complexity index is 451. The molecule has 1 N–H and O–H groups in total. The molecule has 0 heterocycles. The molecule has 1 radical (unpaired) electrons. The number of nitrogens with zero attached hydrogens (tertiary/aromatic N) is 1. The van der Waals surface area contributed by atoms with Crippen LogP contribution >= 0.6 is 0 Å². The van der Waals surface area contributed by atoms with Crippen molar-refractivity contribution in [3.8, 4) is 5.75 Å². The van der Waals surface area contributed by atoms with Crippen LogP contribution in [0, 0.1) is 6.07 Å². The summed E-state index contributed by atoms with van der Waals surface area (Å²) in [5.74, 6) is 0.242. The first kappa shape index (κ1) is 13.1. The van der Waals surface area contributed by atoms with Crippen LogP contribution in [-0.2, 0) is 32.7 Å². The van der Waals surface area contributed by atoms with Crippen LogP contribution in [0.1, 0.15) is 5.56 Å². The number of phenolic OH excluding ortho intramolecular Hbond substituents is 1. The summed E-state index contributed by atoms with van der Waals surface area (Å²) in [5, 5.41) is 9.08. The van der Waals surface area contributed by atoms with Crippen LogP contribution in [0.5, 0.6) is 5.75 Å². The molecule has 0 fully saturated rings. The van der Waals surface area contributed by atoms with E-state index in [2.05, 4.69) is 17.3 Å². The predicted octanol–water partition coefficient (Wildman–Crippen LogP) is 2.82. The van der Waals surface area contributed by atoms with E-state index in [9.17, 15) is 0 Å². The summed E-state index contributed by atoms with van der Waals surface area (Å²) in [5.41, 5.74) is 1.57. The quantitative estimate of drug-likeness (QED) is 0.667. The van der Waals surface area contributed by atoms with Crippen molar-refractivity contribution in [3.63, 3.8) is 0 Å². The molecule has 0 unspecified atom stereocenters. The fraction of sp³-hybridized carbons (Fsp3) is 0. The average molecular weight is 284 g/mol. The SMILES string of the molecule is Oc1ccc([C-]=Nc2[c-]cccc2)cc1.[Y]. The molecule has 16 heavy (non-hydrogen) atoms. The number of para-hydroxylation sites is 1. The molecule has 0 amide bonds. The Kier molecular flexibility index (Phi) is 5.37. The van der Waals surface area contributed by atoms with Gasteiger partial charge in [-0.3, -0.25) is 0 Å². The minimum absolute atomic E-state index is 0. The third-order valence-electron chi connectivity index (χ3n) is 1.87. The Morgan fingerprint density at radius 2 is 1.81 bits per heavy atom. The molecule has 2 rings (SSSR count). The van der Waals surface area contributed by atoms with Gasteiger partial charge in [0.25, 0.3) is 0 Å². The van der Waals surface area contributed by atoms with Gasteiger partial charge in [-0.05, 0) is 6.21 Å². The summed E-state index contributed by atoms with van der Waals surface area (Å²) in [7, 11) is 0. The molecule has 3 heteroatoms. The van der Waals surface area contributed by atoms with Gasteiger partial charge in [0.05, 0.1) is 5.75 Å². The van der Waals surface area contributed by atoms with Gasteiger partial charge in [-0.25, -0.2) is 6.07 Å². The Balaban J connectivity index is 0.00000128. The molecule has 0 atom stereocenters. The zero-order chi connectivity index (χ0) is 10.5. The Hall–Kier alpha value is -0.986. The van der Waals surface area contributed by atoms with Gasteiger partial charge in [0.1, 0.15) is 0 Å². The van der Waals surface area contributed by atoms with E-state index in [-0.39, 0.29) is 38.5 Å². The normalized spacial score (nSPS) is 10.0. The van der Waals surface area contributed by atoms with Gasteiger partial charge in [0, 0.05) is 32.7 Å². The van der Waals surface area contributed by atoms with E-state index in [1.54, 1.807) is 30.3 Å². The summed E-state index contributed by atoms with van der Waals surface area (Å²) in [4.78, 5) is 4.12. The molecule has 0 aliphatic heterocycles. The van der Waals surface area contributed by atoms with Crippen molar-refractivity contribution in [2.45, 2.75) is 0 Å². The second kappa shape index (κ2) is 6.56. The Morgan fingerprint density at radius 1 is 1.06 bits per heavy atom. The van der Waals surface area contributed by atoms with Crippen molar-refractivity contribution in [1.29, 1.82) is 0 Å². The molecule has 0 saturated heterocycles. The maximum Gasteiger partial charge on any atom is 0.0968 e. The van der Waals surface area contributed by atoms with Gasteiger partial charge in [-0.1, -0.05) is 12.1 Å². The van der Waals surface area contributed by atoms with E-state index < -0.39 is 0 Å². The fourth-order valence-corrected chi connectivity index (χ4v) is 1.11. The predicted molar refractivity (Wildman–Crippen MR) is 59.6 cm³/mol. The minimum atomic E-state index is 0. The van der Waals surface area contributed by atoms with E-state index in [0.717, 1.165) is 11.3 Å². The molecule has 2 nitrogen and oxygen atoms in total. The number of hydrogen-bond donors (Lipinski definition) is 1. The molecule has 0 bridgehead atoms. The smallest absolute Gasteiger partial charge is 0.0968 e. The number of rotatable bonds is 2. The van der Waals surface area contributed by atoms with Crippen LogP contribution < -0.4 is 0 Å². The topological polar surface area (TPSA) is 32.6 Å². The van der Waals surface area contributed by atoms with Crippen LogP contribution in [0.25, 0.3) is 0 Å². The Labute approximate surface area is 120 Å². The number of hydrogen-bond acceptors (Lipinski definition) is 2. The molecule has 77 valence electrons. The van der Waals surface area contributed by atoms with E-state index in [1.807, 2.05) is 18.2 Å². The largest absolute Gasteiger partial charge is 0.510 e. The average Bonchev–Trinajstić information content (AvgIpc) is 2.30. The number of aliphatic imine (C=N–C) groups is 1. The first-order valence-corrected chi connectivity index (χ1v) is 4.57. The zero-order valence-electron chi connectivity index (χ0n) is 8.59. The van der Waals surface area contributed by atoms with Gasteiger partial charge in [0.15, 0.2) is 0 Å². The van der Waals surface area contributed by atoms with Crippen molar-refractivity contribution in [2.75, 3.05) is 0 Å². The first-order valence-electron chi connectivity index (χ1n) is 4.57. The minimum Gasteiger partial charge on any atom is -0.510 e. The molecular weight excluding hydrogens is 275 g/mol. The maximum absolute atomic E-state index is 9.08. The molecule has 0 aliphatic carbocycles. The molecule has 0 aliphatic rings. The summed E-state index contributed by atoms with van der Waals surface area (Å²) in [6.45, 7) is 0. The monoisotopic (exact) mass is 284 g/mol. The van der Waals surface area contributed by atoms with Gasteiger partial charge < -0.3 is 10.1 Å². The van der Waals surface area contributed by atoms with Gasteiger partial charge in [-0.2, -0.15) is 24.3 Å². The van der Waals surface area contributed by atoms with Crippen LogP contribution in [0.15, 0.2) is 53.5 Å². The molecular formula is C13H9NOY-2.